The van der Waals surface area contributed by atoms with Crippen molar-refractivity contribution in [2.24, 2.45) is 0 Å². The number of methoxy groups -OCH3 is 1. The minimum absolute atomic E-state index is 0.207. The van der Waals surface area contributed by atoms with Gasteiger partial charge in [0.05, 0.1) is 7.11 Å². The lowest BCUT2D eigenvalue weighted by molar-refractivity contribution is 0.102. The standard InChI is InChI=1S/C13H14N4O2/c1-8-7-11(19-2)16-13(15-8)17-12(18)9-3-5-10(14)6-4-9/h3-7H,14H2,1-2H3,(H,15,16,17,18). The van der Waals surface area contributed by atoms with Gasteiger partial charge >= 0.3 is 0 Å². The Kier molecular flexibility index (Phi) is 3.61. The van der Waals surface area contributed by atoms with Gasteiger partial charge in [0.15, 0.2) is 0 Å². The highest BCUT2D eigenvalue weighted by molar-refractivity contribution is 6.03. The van der Waals surface area contributed by atoms with Crippen LogP contribution in [0.15, 0.2) is 30.3 Å². The molecule has 2 rings (SSSR count). The van der Waals surface area contributed by atoms with Crippen molar-refractivity contribution in [2.45, 2.75) is 6.92 Å². The average Bonchev–Trinajstić information content (AvgIpc) is 2.38. The largest absolute Gasteiger partial charge is 0.481 e. The first-order valence-corrected chi connectivity index (χ1v) is 5.65. The smallest absolute Gasteiger partial charge is 0.258 e. The van der Waals surface area contributed by atoms with Gasteiger partial charge < -0.3 is 10.5 Å². The molecule has 0 saturated heterocycles. The number of hydrogen-bond donors (Lipinski definition) is 2. The van der Waals surface area contributed by atoms with E-state index in [9.17, 15) is 4.79 Å². The normalized spacial score (nSPS) is 10.0. The first-order chi connectivity index (χ1) is 9.08. The maximum Gasteiger partial charge on any atom is 0.258 e. The summed E-state index contributed by atoms with van der Waals surface area (Å²) in [5, 5.41) is 2.61. The molecule has 1 aromatic heterocycles. The predicted octanol–water partition coefficient (Wildman–Crippen LogP) is 1.63. The van der Waals surface area contributed by atoms with E-state index < -0.39 is 0 Å². The Morgan fingerprint density at radius 3 is 2.58 bits per heavy atom. The number of aromatic nitrogens is 2. The van der Waals surface area contributed by atoms with E-state index in [4.69, 9.17) is 10.5 Å². The van der Waals surface area contributed by atoms with Crippen LogP contribution in [0.5, 0.6) is 5.88 Å². The Morgan fingerprint density at radius 1 is 1.26 bits per heavy atom. The number of nitrogens with two attached hydrogens (primary N) is 1. The molecule has 98 valence electrons. The zero-order chi connectivity index (χ0) is 13.8. The molecule has 2 aromatic rings. The van der Waals surface area contributed by atoms with Crippen molar-refractivity contribution in [1.82, 2.24) is 9.97 Å². The third-order valence-corrected chi connectivity index (χ3v) is 2.44. The summed E-state index contributed by atoms with van der Waals surface area (Å²) in [6, 6.07) is 8.27. The van der Waals surface area contributed by atoms with Crippen molar-refractivity contribution in [3.8, 4) is 5.88 Å². The molecule has 0 radical (unpaired) electrons. The number of nitrogens with zero attached hydrogens (tertiary/aromatic N) is 2. The second kappa shape index (κ2) is 5.34. The van der Waals surface area contributed by atoms with Gasteiger partial charge in [-0.25, -0.2) is 4.98 Å². The monoisotopic (exact) mass is 258 g/mol. The molecule has 0 saturated carbocycles. The molecule has 6 heteroatoms. The first-order valence-electron chi connectivity index (χ1n) is 5.65. The number of carbonyl (C=O) groups excluding carboxylic acids is 1. The van der Waals surface area contributed by atoms with Gasteiger partial charge in [0.25, 0.3) is 5.91 Å². The molecule has 1 amide bonds. The third-order valence-electron chi connectivity index (χ3n) is 2.44. The minimum atomic E-state index is -0.298. The predicted molar refractivity (Wildman–Crippen MR) is 72.1 cm³/mol. The number of ether oxygens (including phenoxy) is 1. The molecule has 0 spiro atoms. The summed E-state index contributed by atoms with van der Waals surface area (Å²) in [6.45, 7) is 1.79. The first kappa shape index (κ1) is 12.8. The van der Waals surface area contributed by atoms with Crippen LogP contribution in [0.3, 0.4) is 0 Å². The van der Waals surface area contributed by atoms with E-state index >= 15 is 0 Å². The highest BCUT2D eigenvalue weighted by atomic mass is 16.5. The summed E-state index contributed by atoms with van der Waals surface area (Å²) in [5.41, 5.74) is 7.36. The molecule has 1 heterocycles. The Balaban J connectivity index is 2.18. The van der Waals surface area contributed by atoms with Gasteiger partial charge in [-0.2, -0.15) is 4.98 Å². The number of carbonyl (C=O) groups is 1. The number of benzene rings is 1. The molecule has 0 aliphatic carbocycles. The van der Waals surface area contributed by atoms with Crippen LogP contribution in [0.25, 0.3) is 0 Å². The van der Waals surface area contributed by atoms with Crippen molar-refractivity contribution in [3.63, 3.8) is 0 Å². The zero-order valence-corrected chi connectivity index (χ0v) is 10.7. The molecule has 19 heavy (non-hydrogen) atoms. The van der Waals surface area contributed by atoms with E-state index in [0.717, 1.165) is 0 Å². The number of nitrogen functional groups attached to an aromatic ring is 1. The lowest BCUT2D eigenvalue weighted by atomic mass is 10.2. The molecular weight excluding hydrogens is 244 g/mol. The maximum absolute atomic E-state index is 12.0. The second-order valence-electron chi connectivity index (χ2n) is 3.95. The Hall–Kier alpha value is -2.63. The number of nitrogens with one attached hydrogen (secondary N) is 1. The van der Waals surface area contributed by atoms with Gasteiger partial charge in [0, 0.05) is 23.0 Å². The quantitative estimate of drug-likeness (QED) is 0.816. The summed E-state index contributed by atoms with van der Waals surface area (Å²) in [7, 11) is 1.51. The zero-order valence-electron chi connectivity index (χ0n) is 10.7. The van der Waals surface area contributed by atoms with E-state index in [1.807, 2.05) is 0 Å². The van der Waals surface area contributed by atoms with E-state index in [1.165, 1.54) is 7.11 Å². The lowest BCUT2D eigenvalue weighted by Gasteiger charge is -2.06. The summed E-state index contributed by atoms with van der Waals surface area (Å²) in [6.07, 6.45) is 0. The molecule has 0 aliphatic rings. The molecule has 0 fully saturated rings. The fraction of sp³-hybridized carbons (Fsp3) is 0.154. The van der Waals surface area contributed by atoms with Gasteiger partial charge in [0.1, 0.15) is 0 Å². The minimum Gasteiger partial charge on any atom is -0.481 e. The summed E-state index contributed by atoms with van der Waals surface area (Å²) in [4.78, 5) is 20.1. The molecule has 3 N–H and O–H groups in total. The van der Waals surface area contributed by atoms with E-state index in [-0.39, 0.29) is 11.9 Å². The van der Waals surface area contributed by atoms with Crippen LogP contribution in [0, 0.1) is 6.92 Å². The second-order valence-corrected chi connectivity index (χ2v) is 3.95. The molecule has 0 unspecified atom stereocenters. The Morgan fingerprint density at radius 2 is 1.95 bits per heavy atom. The molecule has 0 aliphatic heterocycles. The van der Waals surface area contributed by atoms with Crippen LogP contribution in [0.4, 0.5) is 11.6 Å². The van der Waals surface area contributed by atoms with Crippen LogP contribution in [-0.2, 0) is 0 Å². The number of amides is 1. The molecule has 0 bridgehead atoms. The Bertz CT molecular complexity index is 596. The molecular formula is C13H14N4O2. The maximum atomic E-state index is 12.0. The number of aryl methyl sites for hydroxylation is 1. The van der Waals surface area contributed by atoms with Gasteiger partial charge in [-0.15, -0.1) is 0 Å². The fourth-order valence-electron chi connectivity index (χ4n) is 1.51. The summed E-state index contributed by atoms with van der Waals surface area (Å²) >= 11 is 0. The Labute approximate surface area is 110 Å². The van der Waals surface area contributed by atoms with Gasteiger partial charge in [0.2, 0.25) is 11.8 Å². The van der Waals surface area contributed by atoms with Crippen molar-refractivity contribution in [1.29, 1.82) is 0 Å². The number of rotatable bonds is 3. The van der Waals surface area contributed by atoms with Gasteiger partial charge in [-0.3, -0.25) is 10.1 Å². The molecule has 1 aromatic carbocycles. The molecule has 6 nitrogen and oxygen atoms in total. The summed E-state index contributed by atoms with van der Waals surface area (Å²) in [5.74, 6) is 0.312. The topological polar surface area (TPSA) is 90.1 Å². The van der Waals surface area contributed by atoms with Crippen molar-refractivity contribution in [2.75, 3.05) is 18.2 Å². The highest BCUT2D eigenvalue weighted by Gasteiger charge is 2.09. The number of hydrogen-bond acceptors (Lipinski definition) is 5. The van der Waals surface area contributed by atoms with Crippen LogP contribution in [0.1, 0.15) is 16.1 Å². The van der Waals surface area contributed by atoms with Crippen LogP contribution < -0.4 is 15.8 Å². The van der Waals surface area contributed by atoms with Crippen molar-refractivity contribution >= 4 is 17.5 Å². The SMILES string of the molecule is COc1cc(C)nc(NC(=O)c2ccc(N)cc2)n1. The lowest BCUT2D eigenvalue weighted by Crippen LogP contribution is -2.14. The van der Waals surface area contributed by atoms with Crippen molar-refractivity contribution < 1.29 is 9.53 Å². The van der Waals surface area contributed by atoms with E-state index in [2.05, 4.69) is 15.3 Å². The highest BCUT2D eigenvalue weighted by Crippen LogP contribution is 2.13. The van der Waals surface area contributed by atoms with Crippen LogP contribution in [0.2, 0.25) is 0 Å². The molecule has 0 atom stereocenters. The van der Waals surface area contributed by atoms with Gasteiger partial charge in [-0.05, 0) is 31.2 Å². The van der Waals surface area contributed by atoms with E-state index in [0.29, 0.717) is 22.8 Å². The average molecular weight is 258 g/mol. The third kappa shape index (κ3) is 3.19. The number of anilines is 2. The van der Waals surface area contributed by atoms with E-state index in [1.54, 1.807) is 37.3 Å². The van der Waals surface area contributed by atoms with Gasteiger partial charge in [-0.1, -0.05) is 0 Å². The summed E-state index contributed by atoms with van der Waals surface area (Å²) < 4.78 is 5.02. The van der Waals surface area contributed by atoms with Crippen LogP contribution >= 0.6 is 0 Å². The van der Waals surface area contributed by atoms with Crippen molar-refractivity contribution in [3.05, 3.63) is 41.6 Å². The fourth-order valence-corrected chi connectivity index (χ4v) is 1.51. The van der Waals surface area contributed by atoms with Crippen LogP contribution in [-0.4, -0.2) is 23.0 Å².